The Bertz CT molecular complexity index is 331. The van der Waals surface area contributed by atoms with E-state index in [1.165, 1.54) is 12.1 Å². The van der Waals surface area contributed by atoms with Crippen LogP contribution in [0.15, 0.2) is 24.3 Å². The third-order valence-electron chi connectivity index (χ3n) is 2.86. The summed E-state index contributed by atoms with van der Waals surface area (Å²) in [5.41, 5.74) is 7.05. The van der Waals surface area contributed by atoms with Crippen LogP contribution in [0.5, 0.6) is 0 Å². The first-order valence-corrected chi connectivity index (χ1v) is 5.57. The zero-order valence-corrected chi connectivity index (χ0v) is 11.7. The molecule has 0 aliphatic carbocycles. The molecule has 0 saturated carbocycles. The lowest BCUT2D eigenvalue weighted by molar-refractivity contribution is 0.0352. The van der Waals surface area contributed by atoms with E-state index in [1.54, 1.807) is 12.1 Å². The van der Waals surface area contributed by atoms with Crippen LogP contribution >= 0.6 is 24.8 Å². The lowest BCUT2D eigenvalue weighted by atomic mass is 10.1. The summed E-state index contributed by atoms with van der Waals surface area (Å²) in [4.78, 5) is 2.28. The van der Waals surface area contributed by atoms with E-state index in [-0.39, 0.29) is 36.7 Å². The van der Waals surface area contributed by atoms with Crippen LogP contribution < -0.4 is 5.73 Å². The largest absolute Gasteiger partial charge is 0.379 e. The molecule has 1 atom stereocenters. The Hall–Kier alpha value is -0.390. The molecule has 1 aromatic rings. The van der Waals surface area contributed by atoms with Gasteiger partial charge in [0, 0.05) is 25.7 Å². The molecule has 1 aliphatic heterocycles. The molecule has 1 aliphatic rings. The lowest BCUT2D eigenvalue weighted by Gasteiger charge is -2.29. The molecule has 0 spiro atoms. The standard InChI is InChI=1S/C12H17FN2O.2ClH/c13-11-3-1-10(2-4-11)12(14)9-15-5-7-16-8-6-15;;/h1-4,12H,5-9,14H2;2*1H. The highest BCUT2D eigenvalue weighted by Crippen LogP contribution is 2.13. The summed E-state index contributed by atoms with van der Waals surface area (Å²) >= 11 is 0. The Morgan fingerprint density at radius 2 is 1.72 bits per heavy atom. The second kappa shape index (κ2) is 8.67. The summed E-state index contributed by atoms with van der Waals surface area (Å²) in [6, 6.07) is 6.35. The third-order valence-corrected chi connectivity index (χ3v) is 2.86. The van der Waals surface area contributed by atoms with Crippen molar-refractivity contribution in [3.8, 4) is 0 Å². The van der Waals surface area contributed by atoms with Gasteiger partial charge in [0.25, 0.3) is 0 Å². The molecule has 0 aromatic heterocycles. The Morgan fingerprint density at radius 1 is 1.17 bits per heavy atom. The molecule has 3 nitrogen and oxygen atoms in total. The number of halogens is 3. The fraction of sp³-hybridized carbons (Fsp3) is 0.500. The highest BCUT2D eigenvalue weighted by Gasteiger charge is 2.14. The van der Waals surface area contributed by atoms with Crippen molar-refractivity contribution in [2.24, 2.45) is 5.73 Å². The summed E-state index contributed by atoms with van der Waals surface area (Å²) in [6.45, 7) is 4.20. The van der Waals surface area contributed by atoms with Crippen molar-refractivity contribution < 1.29 is 9.13 Å². The van der Waals surface area contributed by atoms with Gasteiger partial charge in [-0.05, 0) is 17.7 Å². The van der Waals surface area contributed by atoms with Crippen LogP contribution in [0.2, 0.25) is 0 Å². The van der Waals surface area contributed by atoms with Crippen LogP contribution in [0.4, 0.5) is 4.39 Å². The molecule has 0 radical (unpaired) electrons. The first-order chi connectivity index (χ1) is 7.75. The van der Waals surface area contributed by atoms with Gasteiger partial charge in [-0.1, -0.05) is 12.1 Å². The van der Waals surface area contributed by atoms with Gasteiger partial charge in [-0.15, -0.1) is 24.8 Å². The average Bonchev–Trinajstić information content (AvgIpc) is 2.31. The average molecular weight is 297 g/mol. The second-order valence-electron chi connectivity index (χ2n) is 4.07. The maximum atomic E-state index is 12.7. The minimum Gasteiger partial charge on any atom is -0.379 e. The van der Waals surface area contributed by atoms with E-state index < -0.39 is 0 Å². The van der Waals surface area contributed by atoms with Crippen molar-refractivity contribution in [2.75, 3.05) is 32.8 Å². The van der Waals surface area contributed by atoms with Gasteiger partial charge in [-0.2, -0.15) is 0 Å². The van der Waals surface area contributed by atoms with Crippen molar-refractivity contribution in [2.45, 2.75) is 6.04 Å². The predicted octanol–water partition coefficient (Wildman–Crippen LogP) is 2.00. The molecule has 1 saturated heterocycles. The number of benzene rings is 1. The zero-order valence-electron chi connectivity index (χ0n) is 10.0. The predicted molar refractivity (Wildman–Crippen MR) is 75.1 cm³/mol. The summed E-state index contributed by atoms with van der Waals surface area (Å²) in [7, 11) is 0. The molecule has 0 bridgehead atoms. The van der Waals surface area contributed by atoms with E-state index in [0.29, 0.717) is 0 Å². The second-order valence-corrected chi connectivity index (χ2v) is 4.07. The molecule has 2 N–H and O–H groups in total. The first-order valence-electron chi connectivity index (χ1n) is 5.57. The van der Waals surface area contributed by atoms with Crippen LogP contribution in [0.25, 0.3) is 0 Å². The normalized spacial score (nSPS) is 17.4. The highest BCUT2D eigenvalue weighted by molar-refractivity contribution is 5.85. The van der Waals surface area contributed by atoms with Crippen LogP contribution in [-0.4, -0.2) is 37.7 Å². The van der Waals surface area contributed by atoms with Gasteiger partial charge in [0.2, 0.25) is 0 Å². The van der Waals surface area contributed by atoms with E-state index in [4.69, 9.17) is 10.5 Å². The number of nitrogens with two attached hydrogens (primary N) is 1. The summed E-state index contributed by atoms with van der Waals surface area (Å²) in [6.07, 6.45) is 0. The minimum atomic E-state index is -0.220. The maximum Gasteiger partial charge on any atom is 0.123 e. The molecule has 1 heterocycles. The lowest BCUT2D eigenvalue weighted by Crippen LogP contribution is -2.40. The van der Waals surface area contributed by atoms with E-state index in [1.807, 2.05) is 0 Å². The number of rotatable bonds is 3. The number of ether oxygens (including phenoxy) is 1. The topological polar surface area (TPSA) is 38.5 Å². The van der Waals surface area contributed by atoms with E-state index in [2.05, 4.69) is 4.90 Å². The van der Waals surface area contributed by atoms with Crippen LogP contribution in [-0.2, 0) is 4.74 Å². The van der Waals surface area contributed by atoms with Gasteiger partial charge in [-0.25, -0.2) is 4.39 Å². The number of hydrogen-bond donors (Lipinski definition) is 1. The minimum absolute atomic E-state index is 0. The smallest absolute Gasteiger partial charge is 0.123 e. The van der Waals surface area contributed by atoms with E-state index >= 15 is 0 Å². The Balaban J connectivity index is 0.00000144. The summed E-state index contributed by atoms with van der Waals surface area (Å²) in [5, 5.41) is 0. The SMILES string of the molecule is Cl.Cl.NC(CN1CCOCC1)c1ccc(F)cc1. The van der Waals surface area contributed by atoms with Crippen LogP contribution in [0, 0.1) is 5.82 Å². The van der Waals surface area contributed by atoms with Gasteiger partial charge in [0.15, 0.2) is 0 Å². The molecule has 1 unspecified atom stereocenters. The quantitative estimate of drug-likeness (QED) is 0.927. The number of hydrogen-bond acceptors (Lipinski definition) is 3. The molecule has 1 aromatic carbocycles. The zero-order chi connectivity index (χ0) is 11.4. The van der Waals surface area contributed by atoms with Gasteiger partial charge in [-0.3, -0.25) is 4.90 Å². The molecular weight excluding hydrogens is 278 g/mol. The van der Waals surface area contributed by atoms with Gasteiger partial charge < -0.3 is 10.5 Å². The van der Waals surface area contributed by atoms with Crippen LogP contribution in [0.1, 0.15) is 11.6 Å². The molecule has 1 fully saturated rings. The van der Waals surface area contributed by atoms with Gasteiger partial charge in [0.05, 0.1) is 13.2 Å². The fourth-order valence-electron chi connectivity index (χ4n) is 1.88. The maximum absolute atomic E-state index is 12.7. The molecule has 104 valence electrons. The van der Waals surface area contributed by atoms with Crippen molar-refractivity contribution in [1.82, 2.24) is 4.90 Å². The molecule has 18 heavy (non-hydrogen) atoms. The third kappa shape index (κ3) is 5.08. The summed E-state index contributed by atoms with van der Waals surface area (Å²) < 4.78 is 18.0. The van der Waals surface area contributed by atoms with Crippen molar-refractivity contribution in [1.29, 1.82) is 0 Å². The molecule has 2 rings (SSSR count). The monoisotopic (exact) mass is 296 g/mol. The Kier molecular flexibility index (Phi) is 8.48. The van der Waals surface area contributed by atoms with Crippen LogP contribution in [0.3, 0.4) is 0 Å². The van der Waals surface area contributed by atoms with E-state index in [0.717, 1.165) is 38.4 Å². The van der Waals surface area contributed by atoms with Crippen molar-refractivity contribution in [3.63, 3.8) is 0 Å². The van der Waals surface area contributed by atoms with Gasteiger partial charge in [0.1, 0.15) is 5.82 Å². The molecule has 0 amide bonds. The first kappa shape index (κ1) is 17.6. The van der Waals surface area contributed by atoms with Crippen molar-refractivity contribution in [3.05, 3.63) is 35.6 Å². The van der Waals surface area contributed by atoms with Gasteiger partial charge >= 0.3 is 0 Å². The Labute approximate surface area is 119 Å². The number of morpholine rings is 1. The molecule has 6 heteroatoms. The number of nitrogens with zero attached hydrogens (tertiary/aromatic N) is 1. The summed E-state index contributed by atoms with van der Waals surface area (Å²) in [5.74, 6) is -0.220. The highest BCUT2D eigenvalue weighted by atomic mass is 35.5. The molecular formula is C12H19Cl2FN2O. The fourth-order valence-corrected chi connectivity index (χ4v) is 1.88. The Morgan fingerprint density at radius 3 is 2.28 bits per heavy atom. The van der Waals surface area contributed by atoms with E-state index in [9.17, 15) is 4.39 Å². The van der Waals surface area contributed by atoms with Crippen molar-refractivity contribution >= 4 is 24.8 Å².